The highest BCUT2D eigenvalue weighted by atomic mass is 16.5. The van der Waals surface area contributed by atoms with Crippen molar-refractivity contribution in [1.82, 2.24) is 15.4 Å². The van der Waals surface area contributed by atoms with Crippen molar-refractivity contribution in [2.75, 3.05) is 13.2 Å². The number of nitrogens with zero attached hydrogens (tertiary/aromatic N) is 2. The van der Waals surface area contributed by atoms with Crippen molar-refractivity contribution in [3.05, 3.63) is 23.4 Å². The van der Waals surface area contributed by atoms with E-state index in [1.165, 1.54) is 0 Å². The lowest BCUT2D eigenvalue weighted by molar-refractivity contribution is 0.0520. The van der Waals surface area contributed by atoms with Crippen LogP contribution in [0.15, 0.2) is 12.1 Å². The van der Waals surface area contributed by atoms with Crippen LogP contribution in [-0.4, -0.2) is 51.8 Å². The molecule has 0 radical (unpaired) electrons. The summed E-state index contributed by atoms with van der Waals surface area (Å²) in [7, 11) is -1.71. The second-order valence-corrected chi connectivity index (χ2v) is 5.19. The Labute approximate surface area is 139 Å². The van der Waals surface area contributed by atoms with Crippen LogP contribution >= 0.6 is 0 Å². The summed E-state index contributed by atoms with van der Waals surface area (Å²) in [4.78, 5) is 12.0. The Morgan fingerprint density at radius 2 is 2.04 bits per heavy atom. The molecule has 1 aromatic carbocycles. The van der Waals surface area contributed by atoms with Gasteiger partial charge >= 0.3 is 13.1 Å². The van der Waals surface area contributed by atoms with E-state index in [2.05, 4.69) is 15.4 Å². The first-order valence-electron chi connectivity index (χ1n) is 7.71. The van der Waals surface area contributed by atoms with E-state index in [4.69, 9.17) is 9.47 Å². The number of aromatic amines is 1. The van der Waals surface area contributed by atoms with Gasteiger partial charge in [-0.05, 0) is 26.3 Å². The van der Waals surface area contributed by atoms with E-state index in [-0.39, 0.29) is 29.2 Å². The van der Waals surface area contributed by atoms with Gasteiger partial charge in [0.05, 0.1) is 13.2 Å². The van der Waals surface area contributed by atoms with Gasteiger partial charge in [-0.25, -0.2) is 4.79 Å². The van der Waals surface area contributed by atoms with Gasteiger partial charge in [-0.2, -0.15) is 10.3 Å². The van der Waals surface area contributed by atoms with Gasteiger partial charge in [-0.15, -0.1) is 5.10 Å². The average Bonchev–Trinajstić information content (AvgIpc) is 3.02. The predicted octanol–water partition coefficient (Wildman–Crippen LogP) is 0.425. The summed E-state index contributed by atoms with van der Waals surface area (Å²) in [5.74, 6) is -0.354. The van der Waals surface area contributed by atoms with Crippen molar-refractivity contribution in [2.45, 2.75) is 27.2 Å². The molecule has 128 valence electrons. The summed E-state index contributed by atoms with van der Waals surface area (Å²) in [6, 6.07) is 3.36. The van der Waals surface area contributed by atoms with Crippen molar-refractivity contribution in [2.24, 2.45) is 0 Å². The number of aromatic nitrogens is 3. The van der Waals surface area contributed by atoms with Crippen LogP contribution in [0, 0.1) is 6.92 Å². The molecule has 0 aliphatic rings. The average molecular weight is 333 g/mol. The van der Waals surface area contributed by atoms with Gasteiger partial charge in [0.2, 0.25) is 0 Å². The lowest BCUT2D eigenvalue weighted by Gasteiger charge is -2.16. The summed E-state index contributed by atoms with van der Waals surface area (Å²) < 4.78 is 10.7. The first kappa shape index (κ1) is 18.0. The number of carbonyl (C=O) groups is 1. The highest BCUT2D eigenvalue weighted by molar-refractivity contribution is 6.60. The molecule has 0 atom stereocenters. The number of nitrogens with one attached hydrogen (secondary N) is 1. The first-order chi connectivity index (χ1) is 11.5. The van der Waals surface area contributed by atoms with Crippen molar-refractivity contribution in [1.29, 1.82) is 0 Å². The molecule has 0 aliphatic carbocycles. The Morgan fingerprint density at radius 3 is 2.67 bits per heavy atom. The Hall–Kier alpha value is -2.39. The highest BCUT2D eigenvalue weighted by Gasteiger charge is 2.27. The van der Waals surface area contributed by atoms with Gasteiger partial charge < -0.3 is 19.5 Å². The zero-order valence-corrected chi connectivity index (χ0v) is 13.9. The molecule has 2 rings (SSSR count). The Morgan fingerprint density at radius 1 is 1.29 bits per heavy atom. The third kappa shape index (κ3) is 3.74. The maximum absolute atomic E-state index is 12.0. The quantitative estimate of drug-likeness (QED) is 0.497. The van der Waals surface area contributed by atoms with E-state index in [1.807, 2.05) is 6.92 Å². The van der Waals surface area contributed by atoms with Gasteiger partial charge in [-0.3, -0.25) is 0 Å². The number of hydrogen-bond acceptors (Lipinski definition) is 7. The minimum absolute atomic E-state index is 0.0159. The van der Waals surface area contributed by atoms with E-state index in [1.54, 1.807) is 26.0 Å². The molecule has 0 saturated heterocycles. The number of hydrogen-bond donors (Lipinski definition) is 3. The zero-order chi connectivity index (χ0) is 17.7. The molecule has 1 heterocycles. The van der Waals surface area contributed by atoms with Crippen LogP contribution < -0.4 is 10.2 Å². The fraction of sp³-hybridized carbons (Fsp3) is 0.400. The van der Waals surface area contributed by atoms with Crippen LogP contribution in [0.3, 0.4) is 0 Å². The van der Waals surface area contributed by atoms with Gasteiger partial charge in [0.25, 0.3) is 0 Å². The molecule has 0 amide bonds. The molecule has 0 bridgehead atoms. The molecule has 0 fully saturated rings. The lowest BCUT2D eigenvalue weighted by atomic mass is 9.77. The Bertz CT molecular complexity index is 717. The van der Waals surface area contributed by atoms with Crippen LogP contribution in [0.4, 0.5) is 0 Å². The minimum Gasteiger partial charge on any atom is -0.493 e. The SMILES string of the molecule is CCCOc1c(B(O)O)cc(C)cc1-c1n[nH]nc1C(=O)OCC. The Kier molecular flexibility index (Phi) is 5.94. The third-order valence-corrected chi connectivity index (χ3v) is 3.26. The van der Waals surface area contributed by atoms with E-state index in [0.29, 0.717) is 12.2 Å². The standard InChI is InChI=1S/C15H20BN3O5/c1-4-6-24-14-10(7-9(3)8-11(14)16(21)22)12-13(18-19-17-12)15(20)23-5-2/h7-8,21-22H,4-6H2,1-3H3,(H,17,18,19). The van der Waals surface area contributed by atoms with E-state index >= 15 is 0 Å². The highest BCUT2D eigenvalue weighted by Crippen LogP contribution is 2.30. The summed E-state index contributed by atoms with van der Waals surface area (Å²) >= 11 is 0. The van der Waals surface area contributed by atoms with Crippen LogP contribution in [0.5, 0.6) is 5.75 Å². The normalized spacial score (nSPS) is 10.5. The van der Waals surface area contributed by atoms with Gasteiger partial charge in [0.1, 0.15) is 11.4 Å². The fourth-order valence-electron chi connectivity index (χ4n) is 2.29. The van der Waals surface area contributed by atoms with E-state index < -0.39 is 13.1 Å². The number of carbonyl (C=O) groups excluding carboxylic acids is 1. The molecule has 9 heteroatoms. The topological polar surface area (TPSA) is 118 Å². The third-order valence-electron chi connectivity index (χ3n) is 3.26. The second-order valence-electron chi connectivity index (χ2n) is 5.19. The maximum Gasteiger partial charge on any atom is 0.492 e. The van der Waals surface area contributed by atoms with Crippen molar-refractivity contribution >= 4 is 18.6 Å². The number of rotatable bonds is 7. The van der Waals surface area contributed by atoms with Crippen molar-refractivity contribution < 1.29 is 24.3 Å². The fourth-order valence-corrected chi connectivity index (χ4v) is 2.29. The number of aryl methyl sites for hydroxylation is 1. The molecular weight excluding hydrogens is 313 g/mol. The number of esters is 1. The number of H-pyrrole nitrogens is 1. The summed E-state index contributed by atoms with van der Waals surface area (Å²) in [5.41, 5.74) is 1.67. The van der Waals surface area contributed by atoms with Crippen LogP contribution in [-0.2, 0) is 4.74 Å². The van der Waals surface area contributed by atoms with Crippen LogP contribution in [0.25, 0.3) is 11.3 Å². The minimum atomic E-state index is -1.71. The van der Waals surface area contributed by atoms with Gasteiger partial charge in [0.15, 0.2) is 5.69 Å². The molecule has 2 aromatic rings. The predicted molar refractivity (Wildman–Crippen MR) is 88.1 cm³/mol. The molecular formula is C15H20BN3O5. The van der Waals surface area contributed by atoms with Crippen LogP contribution in [0.1, 0.15) is 36.3 Å². The van der Waals surface area contributed by atoms with Gasteiger partial charge in [0, 0.05) is 11.0 Å². The molecule has 0 spiro atoms. The molecule has 8 nitrogen and oxygen atoms in total. The monoisotopic (exact) mass is 333 g/mol. The Balaban J connectivity index is 2.61. The molecule has 1 aromatic heterocycles. The smallest absolute Gasteiger partial charge is 0.492 e. The second kappa shape index (κ2) is 7.94. The summed E-state index contributed by atoms with van der Waals surface area (Å²) in [6.45, 7) is 6.01. The van der Waals surface area contributed by atoms with E-state index in [0.717, 1.165) is 12.0 Å². The number of ether oxygens (including phenoxy) is 2. The van der Waals surface area contributed by atoms with E-state index in [9.17, 15) is 14.8 Å². The molecule has 0 aliphatic heterocycles. The van der Waals surface area contributed by atoms with Gasteiger partial charge in [-0.1, -0.05) is 18.6 Å². The molecule has 3 N–H and O–H groups in total. The number of benzene rings is 1. The summed E-state index contributed by atoms with van der Waals surface area (Å²) in [5, 5.41) is 29.6. The van der Waals surface area contributed by atoms with Crippen molar-refractivity contribution in [3.63, 3.8) is 0 Å². The van der Waals surface area contributed by atoms with Crippen LogP contribution in [0.2, 0.25) is 0 Å². The molecule has 0 saturated carbocycles. The molecule has 0 unspecified atom stereocenters. The first-order valence-corrected chi connectivity index (χ1v) is 7.71. The lowest BCUT2D eigenvalue weighted by Crippen LogP contribution is -2.32. The maximum atomic E-state index is 12.0. The van der Waals surface area contributed by atoms with Crippen molar-refractivity contribution in [3.8, 4) is 17.0 Å². The molecule has 24 heavy (non-hydrogen) atoms. The largest absolute Gasteiger partial charge is 0.493 e. The summed E-state index contributed by atoms with van der Waals surface area (Å²) in [6.07, 6.45) is 0.734. The zero-order valence-electron chi connectivity index (χ0n) is 13.9.